The molecule has 1 fully saturated rings. The lowest BCUT2D eigenvalue weighted by Crippen LogP contribution is -2.44. The Labute approximate surface area is 152 Å². The second-order valence-electron chi connectivity index (χ2n) is 6.38. The molecule has 1 aliphatic heterocycles. The number of aliphatic imine (C=N–C) groups is 1. The molecule has 0 saturated carbocycles. The summed E-state index contributed by atoms with van der Waals surface area (Å²) in [6.45, 7) is 10.5. The fourth-order valence-corrected chi connectivity index (χ4v) is 2.76. The van der Waals surface area contributed by atoms with Crippen LogP contribution < -0.4 is 10.6 Å². The third-order valence-corrected chi connectivity index (χ3v) is 4.35. The molecule has 0 spiro atoms. The third kappa shape index (κ3) is 10.3. The first-order valence-corrected chi connectivity index (χ1v) is 9.58. The molecule has 1 aliphatic rings. The van der Waals surface area contributed by atoms with Gasteiger partial charge < -0.3 is 20.1 Å². The van der Waals surface area contributed by atoms with E-state index in [1.807, 2.05) is 0 Å². The topological polar surface area (TPSA) is 75.2 Å². The predicted molar refractivity (Wildman–Crippen MR) is 101 cm³/mol. The van der Waals surface area contributed by atoms with E-state index in [0.29, 0.717) is 12.5 Å². The Bertz CT molecular complexity index is 385. The van der Waals surface area contributed by atoms with Crippen LogP contribution in [0, 0.1) is 0 Å². The number of esters is 1. The second kappa shape index (κ2) is 13.9. The third-order valence-electron chi connectivity index (χ3n) is 4.35. The molecule has 0 bridgehead atoms. The van der Waals surface area contributed by atoms with E-state index >= 15 is 0 Å². The summed E-state index contributed by atoms with van der Waals surface area (Å²) in [7, 11) is 1.44. The molecule has 0 aromatic carbocycles. The minimum atomic E-state index is -0.117. The number of carbonyl (C=O) groups excluding carboxylic acids is 1. The molecule has 0 aromatic heterocycles. The van der Waals surface area contributed by atoms with Gasteiger partial charge in [0.25, 0.3) is 0 Å². The number of ether oxygens (including phenoxy) is 2. The Hall–Kier alpha value is -1.34. The van der Waals surface area contributed by atoms with E-state index in [1.54, 1.807) is 0 Å². The zero-order chi connectivity index (χ0) is 18.3. The van der Waals surface area contributed by atoms with Crippen molar-refractivity contribution >= 4 is 11.9 Å². The lowest BCUT2D eigenvalue weighted by molar-refractivity contribution is -0.140. The smallest absolute Gasteiger partial charge is 0.305 e. The molecule has 146 valence electrons. The van der Waals surface area contributed by atoms with Crippen LogP contribution in [0.2, 0.25) is 0 Å². The van der Waals surface area contributed by atoms with Gasteiger partial charge in [-0.05, 0) is 26.7 Å². The predicted octanol–water partition coefficient (Wildman–Crippen LogP) is 1.39. The number of hydrogen-bond acceptors (Lipinski definition) is 5. The van der Waals surface area contributed by atoms with E-state index in [-0.39, 0.29) is 5.97 Å². The van der Waals surface area contributed by atoms with Crippen molar-refractivity contribution in [3.63, 3.8) is 0 Å². The van der Waals surface area contributed by atoms with Gasteiger partial charge in [0.05, 0.1) is 26.9 Å². The fraction of sp³-hybridized carbons (Fsp3) is 0.889. The minimum absolute atomic E-state index is 0.117. The van der Waals surface area contributed by atoms with Crippen LogP contribution in [0.3, 0.4) is 0 Å². The second-order valence-corrected chi connectivity index (χ2v) is 6.38. The molecule has 1 unspecified atom stereocenters. The molecule has 7 nitrogen and oxygen atoms in total. The summed E-state index contributed by atoms with van der Waals surface area (Å²) in [6, 6.07) is 0.428. The lowest BCUT2D eigenvalue weighted by Gasteiger charge is -2.31. The number of hydrogen-bond donors (Lipinski definition) is 2. The van der Waals surface area contributed by atoms with Gasteiger partial charge in [-0.15, -0.1) is 0 Å². The highest BCUT2D eigenvalue weighted by atomic mass is 16.5. The first-order chi connectivity index (χ1) is 12.2. The summed E-state index contributed by atoms with van der Waals surface area (Å²) in [4.78, 5) is 18.2. The molecule has 1 saturated heterocycles. The molecule has 7 heteroatoms. The van der Waals surface area contributed by atoms with Gasteiger partial charge in [0, 0.05) is 38.6 Å². The molecule has 0 aliphatic carbocycles. The number of nitrogens with one attached hydrogen (secondary N) is 2. The maximum atomic E-state index is 11.0. The SMILES string of the molecule is CCNC(=NCC(C)N1CCOCC1)NCCCCCCC(=O)OC. The molecule has 1 heterocycles. The first kappa shape index (κ1) is 21.7. The zero-order valence-electron chi connectivity index (χ0n) is 16.2. The summed E-state index contributed by atoms with van der Waals surface area (Å²) in [5.41, 5.74) is 0. The number of carbonyl (C=O) groups is 1. The van der Waals surface area contributed by atoms with Gasteiger partial charge in [0.2, 0.25) is 0 Å². The normalized spacial score (nSPS) is 17.2. The average Bonchev–Trinajstić information content (AvgIpc) is 2.65. The van der Waals surface area contributed by atoms with Crippen LogP contribution in [0.15, 0.2) is 4.99 Å². The van der Waals surface area contributed by atoms with Crippen molar-refractivity contribution < 1.29 is 14.3 Å². The number of nitrogens with zero attached hydrogens (tertiary/aromatic N) is 2. The van der Waals surface area contributed by atoms with Crippen molar-refractivity contribution in [3.8, 4) is 0 Å². The molecule has 2 N–H and O–H groups in total. The van der Waals surface area contributed by atoms with Crippen molar-refractivity contribution in [3.05, 3.63) is 0 Å². The van der Waals surface area contributed by atoms with E-state index in [0.717, 1.165) is 77.6 Å². The van der Waals surface area contributed by atoms with Crippen molar-refractivity contribution in [1.29, 1.82) is 0 Å². The van der Waals surface area contributed by atoms with Crippen molar-refractivity contribution in [2.24, 2.45) is 4.99 Å². The van der Waals surface area contributed by atoms with Crippen molar-refractivity contribution in [2.75, 3.05) is 53.0 Å². The number of morpholine rings is 1. The summed E-state index contributed by atoms with van der Waals surface area (Å²) in [5, 5.41) is 6.69. The van der Waals surface area contributed by atoms with Crippen LogP contribution in [0.5, 0.6) is 0 Å². The van der Waals surface area contributed by atoms with Crippen LogP contribution in [-0.4, -0.2) is 75.9 Å². The van der Waals surface area contributed by atoms with Gasteiger partial charge in [-0.25, -0.2) is 0 Å². The molecule has 0 amide bonds. The maximum absolute atomic E-state index is 11.0. The highest BCUT2D eigenvalue weighted by Gasteiger charge is 2.16. The van der Waals surface area contributed by atoms with Crippen LogP contribution in [0.1, 0.15) is 46.0 Å². The van der Waals surface area contributed by atoms with Crippen LogP contribution in [-0.2, 0) is 14.3 Å². The monoisotopic (exact) mass is 356 g/mol. The summed E-state index contributed by atoms with van der Waals surface area (Å²) in [5.74, 6) is 0.770. The van der Waals surface area contributed by atoms with Crippen molar-refractivity contribution in [1.82, 2.24) is 15.5 Å². The fourth-order valence-electron chi connectivity index (χ4n) is 2.76. The molecule has 0 aromatic rings. The zero-order valence-corrected chi connectivity index (χ0v) is 16.2. The van der Waals surface area contributed by atoms with E-state index in [2.05, 4.69) is 34.1 Å². The van der Waals surface area contributed by atoms with Crippen LogP contribution in [0.25, 0.3) is 0 Å². The average molecular weight is 357 g/mol. The highest BCUT2D eigenvalue weighted by Crippen LogP contribution is 2.04. The number of unbranched alkanes of at least 4 members (excludes halogenated alkanes) is 3. The van der Waals surface area contributed by atoms with E-state index in [9.17, 15) is 4.79 Å². The lowest BCUT2D eigenvalue weighted by atomic mass is 10.1. The Kier molecular flexibility index (Phi) is 12.1. The van der Waals surface area contributed by atoms with Gasteiger partial charge in [0.1, 0.15) is 0 Å². The summed E-state index contributed by atoms with van der Waals surface area (Å²) in [6.07, 6.45) is 4.65. The molecule has 0 radical (unpaired) electrons. The standard InChI is InChI=1S/C18H36N4O3/c1-4-19-18(20-10-8-6-5-7-9-17(23)24-3)21-15-16(2)22-11-13-25-14-12-22/h16H,4-15H2,1-3H3,(H2,19,20,21). The molecule has 1 rings (SSSR count). The largest absolute Gasteiger partial charge is 0.469 e. The summed E-state index contributed by atoms with van der Waals surface area (Å²) >= 11 is 0. The quantitative estimate of drug-likeness (QED) is 0.252. The van der Waals surface area contributed by atoms with Crippen LogP contribution >= 0.6 is 0 Å². The Morgan fingerprint density at radius 2 is 1.92 bits per heavy atom. The minimum Gasteiger partial charge on any atom is -0.469 e. The molecule has 25 heavy (non-hydrogen) atoms. The van der Waals surface area contributed by atoms with E-state index < -0.39 is 0 Å². The molecular formula is C18H36N4O3. The van der Waals surface area contributed by atoms with Gasteiger partial charge in [-0.2, -0.15) is 0 Å². The molecule has 1 atom stereocenters. The Balaban J connectivity index is 2.18. The first-order valence-electron chi connectivity index (χ1n) is 9.58. The van der Waals surface area contributed by atoms with Crippen LogP contribution in [0.4, 0.5) is 0 Å². The van der Waals surface area contributed by atoms with Gasteiger partial charge in [-0.3, -0.25) is 14.7 Å². The van der Waals surface area contributed by atoms with Crippen molar-refractivity contribution in [2.45, 2.75) is 52.0 Å². The molecular weight excluding hydrogens is 320 g/mol. The number of guanidine groups is 1. The number of methoxy groups -OCH3 is 1. The maximum Gasteiger partial charge on any atom is 0.305 e. The van der Waals surface area contributed by atoms with E-state index in [1.165, 1.54) is 7.11 Å². The van der Waals surface area contributed by atoms with Gasteiger partial charge >= 0.3 is 5.97 Å². The van der Waals surface area contributed by atoms with Gasteiger partial charge in [-0.1, -0.05) is 12.8 Å². The highest BCUT2D eigenvalue weighted by molar-refractivity contribution is 5.79. The Morgan fingerprint density at radius 3 is 2.60 bits per heavy atom. The van der Waals surface area contributed by atoms with Gasteiger partial charge in [0.15, 0.2) is 5.96 Å². The van der Waals surface area contributed by atoms with E-state index in [4.69, 9.17) is 9.73 Å². The summed E-state index contributed by atoms with van der Waals surface area (Å²) < 4.78 is 10.0. The number of rotatable bonds is 11. The Morgan fingerprint density at radius 1 is 1.20 bits per heavy atom.